The third kappa shape index (κ3) is 10.9. The van der Waals surface area contributed by atoms with Gasteiger partial charge in [0, 0.05) is 65.4 Å². The number of hydrogen-bond donors (Lipinski definition) is 1. The summed E-state index contributed by atoms with van der Waals surface area (Å²) < 4.78 is 20.9. The van der Waals surface area contributed by atoms with Crippen molar-refractivity contribution in [2.45, 2.75) is 44.6 Å². The molecule has 0 radical (unpaired) electrons. The lowest BCUT2D eigenvalue weighted by molar-refractivity contribution is -0.0758. The standard InChI is InChI=1S/C15H20N2O3.C13H17NO2.C7H14N2O/c18-15(20-10-13-4-2-1-3-5-13)17-8-6-16(7-9-17)14-11-19-12-14;15-13(14-9-5-2-6-10-14)16-11-12-7-3-1-4-8-12;1-3-9(4-2-8-1)7-5-10-6-7/h1-5,14H,6-12H2;1,3-4,7-8H,2,5-6,9-11H2;7-8H,1-6H2. The van der Waals surface area contributed by atoms with Gasteiger partial charge in [-0.15, -0.1) is 0 Å². The maximum atomic E-state index is 12.0. The van der Waals surface area contributed by atoms with Crippen molar-refractivity contribution >= 4 is 12.2 Å². The third-order valence-electron chi connectivity index (χ3n) is 9.02. The largest absolute Gasteiger partial charge is 0.445 e. The maximum Gasteiger partial charge on any atom is 0.410 e. The second-order valence-electron chi connectivity index (χ2n) is 12.3. The molecular formula is C35H51N5O6. The first-order valence-electron chi connectivity index (χ1n) is 16.9. The highest BCUT2D eigenvalue weighted by Crippen LogP contribution is 2.15. The molecule has 0 aromatic heterocycles. The van der Waals surface area contributed by atoms with Crippen LogP contribution in [0.4, 0.5) is 9.59 Å². The smallest absolute Gasteiger partial charge is 0.410 e. The Balaban J connectivity index is 0.000000143. The van der Waals surface area contributed by atoms with E-state index in [0.717, 1.165) is 109 Å². The minimum absolute atomic E-state index is 0.177. The van der Waals surface area contributed by atoms with Crippen LogP contribution in [0.2, 0.25) is 0 Å². The number of carbonyl (C=O) groups excluding carboxylic acids is 2. The lowest BCUT2D eigenvalue weighted by Crippen LogP contribution is -2.57. The average molecular weight is 638 g/mol. The van der Waals surface area contributed by atoms with E-state index in [9.17, 15) is 9.59 Å². The number of piperazine rings is 2. The van der Waals surface area contributed by atoms with E-state index < -0.39 is 0 Å². The number of carbonyl (C=O) groups is 2. The monoisotopic (exact) mass is 637 g/mol. The molecule has 2 amide bonds. The fourth-order valence-corrected chi connectivity index (χ4v) is 5.88. The van der Waals surface area contributed by atoms with Gasteiger partial charge in [-0.3, -0.25) is 9.80 Å². The van der Waals surface area contributed by atoms with E-state index >= 15 is 0 Å². The molecule has 11 nitrogen and oxygen atoms in total. The number of nitrogens with one attached hydrogen (secondary N) is 1. The quantitative estimate of drug-likeness (QED) is 0.511. The van der Waals surface area contributed by atoms with Crippen molar-refractivity contribution in [1.82, 2.24) is 24.9 Å². The van der Waals surface area contributed by atoms with Crippen LogP contribution >= 0.6 is 0 Å². The number of ether oxygens (including phenoxy) is 4. The molecule has 5 heterocycles. The van der Waals surface area contributed by atoms with Crippen LogP contribution in [0.5, 0.6) is 0 Å². The fraction of sp³-hybridized carbons (Fsp3) is 0.600. The highest BCUT2D eigenvalue weighted by molar-refractivity contribution is 5.68. The number of rotatable bonds is 6. The van der Waals surface area contributed by atoms with Gasteiger partial charge in [-0.2, -0.15) is 0 Å². The number of nitrogens with zero attached hydrogens (tertiary/aromatic N) is 4. The van der Waals surface area contributed by atoms with Crippen LogP contribution in [0.1, 0.15) is 30.4 Å². The zero-order valence-electron chi connectivity index (χ0n) is 27.1. The Morgan fingerprint density at radius 2 is 1.02 bits per heavy atom. The van der Waals surface area contributed by atoms with Crippen molar-refractivity contribution in [2.75, 3.05) is 91.9 Å². The van der Waals surface area contributed by atoms with E-state index in [4.69, 9.17) is 18.9 Å². The number of piperidine rings is 1. The zero-order valence-corrected chi connectivity index (χ0v) is 27.1. The van der Waals surface area contributed by atoms with E-state index in [2.05, 4.69) is 15.1 Å². The van der Waals surface area contributed by atoms with Crippen molar-refractivity contribution in [3.8, 4) is 0 Å². The molecule has 0 atom stereocenters. The fourth-order valence-electron chi connectivity index (χ4n) is 5.88. The van der Waals surface area contributed by atoms with Gasteiger partial charge >= 0.3 is 12.2 Å². The van der Waals surface area contributed by atoms with Crippen LogP contribution in [0.25, 0.3) is 0 Å². The Labute approximate surface area is 273 Å². The molecule has 5 fully saturated rings. The van der Waals surface area contributed by atoms with E-state index in [1.54, 1.807) is 9.80 Å². The van der Waals surface area contributed by atoms with Crippen LogP contribution in [0, 0.1) is 0 Å². The second-order valence-corrected chi connectivity index (χ2v) is 12.3. The highest BCUT2D eigenvalue weighted by atomic mass is 16.6. The summed E-state index contributed by atoms with van der Waals surface area (Å²) in [6, 6.07) is 20.8. The van der Waals surface area contributed by atoms with Gasteiger partial charge in [0.15, 0.2) is 0 Å². The van der Waals surface area contributed by atoms with Gasteiger partial charge in [0.25, 0.3) is 0 Å². The molecule has 5 aliphatic heterocycles. The summed E-state index contributed by atoms with van der Waals surface area (Å²) in [5.74, 6) is 0. The van der Waals surface area contributed by atoms with E-state index in [0.29, 0.717) is 19.3 Å². The normalized spacial score (nSPS) is 21.0. The van der Waals surface area contributed by atoms with Gasteiger partial charge in [0.2, 0.25) is 0 Å². The zero-order chi connectivity index (χ0) is 31.8. The Kier molecular flexibility index (Phi) is 14.0. The summed E-state index contributed by atoms with van der Waals surface area (Å²) in [4.78, 5) is 32.2. The van der Waals surface area contributed by atoms with Gasteiger partial charge in [0.05, 0.1) is 38.5 Å². The van der Waals surface area contributed by atoms with Crippen molar-refractivity contribution in [3.05, 3.63) is 71.8 Å². The number of hydrogen-bond acceptors (Lipinski definition) is 9. The molecule has 0 saturated carbocycles. The van der Waals surface area contributed by atoms with Crippen LogP contribution in [-0.4, -0.2) is 136 Å². The third-order valence-corrected chi connectivity index (χ3v) is 9.02. The van der Waals surface area contributed by atoms with E-state index in [1.807, 2.05) is 60.7 Å². The molecule has 2 aromatic carbocycles. The minimum atomic E-state index is -0.210. The lowest BCUT2D eigenvalue weighted by atomic mass is 10.1. The molecule has 252 valence electrons. The molecule has 0 spiro atoms. The molecule has 2 aromatic rings. The van der Waals surface area contributed by atoms with Gasteiger partial charge in [-0.05, 0) is 30.4 Å². The number of benzene rings is 2. The van der Waals surface area contributed by atoms with Gasteiger partial charge < -0.3 is 34.1 Å². The molecule has 11 heteroatoms. The van der Waals surface area contributed by atoms with Crippen molar-refractivity contribution in [3.63, 3.8) is 0 Å². The van der Waals surface area contributed by atoms with Crippen LogP contribution in [0.3, 0.4) is 0 Å². The first kappa shape index (κ1) is 34.1. The molecule has 0 unspecified atom stereocenters. The summed E-state index contributed by atoms with van der Waals surface area (Å²) >= 11 is 0. The molecule has 0 bridgehead atoms. The van der Waals surface area contributed by atoms with E-state index in [1.165, 1.54) is 19.5 Å². The van der Waals surface area contributed by atoms with Crippen LogP contribution in [0.15, 0.2) is 60.7 Å². The predicted molar refractivity (Wildman–Crippen MR) is 175 cm³/mol. The number of amides is 2. The molecule has 7 rings (SSSR count). The van der Waals surface area contributed by atoms with Crippen molar-refractivity contribution < 1.29 is 28.5 Å². The maximum absolute atomic E-state index is 12.0. The summed E-state index contributed by atoms with van der Waals surface area (Å²) in [6.45, 7) is 14.0. The molecule has 46 heavy (non-hydrogen) atoms. The van der Waals surface area contributed by atoms with Crippen molar-refractivity contribution in [2.24, 2.45) is 0 Å². The van der Waals surface area contributed by atoms with Crippen LogP contribution in [-0.2, 0) is 32.2 Å². The molecule has 5 saturated heterocycles. The highest BCUT2D eigenvalue weighted by Gasteiger charge is 2.30. The Bertz CT molecular complexity index is 1150. The Morgan fingerprint density at radius 3 is 1.46 bits per heavy atom. The molecule has 1 N–H and O–H groups in total. The van der Waals surface area contributed by atoms with Crippen molar-refractivity contribution in [1.29, 1.82) is 0 Å². The SMILES string of the molecule is C1CN(C2COC2)CCN1.O=C(OCc1ccccc1)N1CCCCC1.O=C(OCc1ccccc1)N1CCN(C2COC2)CC1. The molecular weight excluding hydrogens is 586 g/mol. The Morgan fingerprint density at radius 1 is 0.587 bits per heavy atom. The van der Waals surface area contributed by atoms with Crippen LogP contribution < -0.4 is 5.32 Å². The summed E-state index contributed by atoms with van der Waals surface area (Å²) in [5, 5.41) is 3.34. The number of likely N-dealkylation sites (tertiary alicyclic amines) is 1. The first-order valence-corrected chi connectivity index (χ1v) is 16.9. The molecule has 0 aliphatic carbocycles. The lowest BCUT2D eigenvalue weighted by Gasteiger charge is -2.42. The first-order chi connectivity index (χ1) is 22.7. The summed E-state index contributed by atoms with van der Waals surface area (Å²) in [7, 11) is 0. The Hall–Kier alpha value is -3.22. The summed E-state index contributed by atoms with van der Waals surface area (Å²) in [5.41, 5.74) is 2.05. The van der Waals surface area contributed by atoms with Gasteiger partial charge in [-0.25, -0.2) is 9.59 Å². The predicted octanol–water partition coefficient (Wildman–Crippen LogP) is 3.44. The topological polar surface area (TPSA) is 96.0 Å². The van der Waals surface area contributed by atoms with E-state index in [-0.39, 0.29) is 12.2 Å². The summed E-state index contributed by atoms with van der Waals surface area (Å²) in [6.07, 6.45) is 3.03. The molecule has 5 aliphatic rings. The second kappa shape index (κ2) is 18.8. The minimum Gasteiger partial charge on any atom is -0.445 e. The van der Waals surface area contributed by atoms with Gasteiger partial charge in [-0.1, -0.05) is 60.7 Å². The van der Waals surface area contributed by atoms with Gasteiger partial charge in [0.1, 0.15) is 13.2 Å². The average Bonchev–Trinajstić information content (AvgIpc) is 3.07.